The van der Waals surface area contributed by atoms with Gasteiger partial charge in [-0.05, 0) is 12.3 Å². The van der Waals surface area contributed by atoms with Crippen LogP contribution >= 0.6 is 0 Å². The summed E-state index contributed by atoms with van der Waals surface area (Å²) in [6, 6.07) is 0. The third kappa shape index (κ3) is 4.60. The van der Waals surface area contributed by atoms with Crippen LogP contribution in [0.2, 0.25) is 0 Å². The summed E-state index contributed by atoms with van der Waals surface area (Å²) < 4.78 is 0. The molecule has 0 nitrogen and oxygen atoms in total. The molecule has 0 radical (unpaired) electrons. The van der Waals surface area contributed by atoms with E-state index in [-0.39, 0.29) is 0 Å². The molecule has 0 bridgehead atoms. The van der Waals surface area contributed by atoms with Crippen molar-refractivity contribution in [2.24, 2.45) is 5.92 Å². The Morgan fingerprint density at radius 3 is 2.64 bits per heavy atom. The molecule has 1 unspecified atom stereocenters. The van der Waals surface area contributed by atoms with E-state index in [4.69, 9.17) is 0 Å². The first-order valence-corrected chi connectivity index (χ1v) is 4.20. The number of hydrogen-bond acceptors (Lipinski definition) is 0. The Kier molecular flexibility index (Phi) is 5.54. The maximum absolute atomic E-state index is 3.98. The highest BCUT2D eigenvalue weighted by Crippen LogP contribution is 2.15. The summed E-state index contributed by atoms with van der Waals surface area (Å²) in [5, 5.41) is 0. The summed E-state index contributed by atoms with van der Waals surface area (Å²) >= 11 is 0. The maximum atomic E-state index is 3.98. The van der Waals surface area contributed by atoms with Gasteiger partial charge in [0, 0.05) is 0 Å². The maximum Gasteiger partial charge on any atom is -0.0196 e. The minimum absolute atomic E-state index is 0.608. The number of rotatable bonds is 5. The normalized spacial score (nSPS) is 13.3. The average molecular weight is 150 g/mol. The largest absolute Gasteiger partial charge is 0.0991 e. The van der Waals surface area contributed by atoms with Crippen molar-refractivity contribution in [3.8, 4) is 0 Å². The van der Waals surface area contributed by atoms with Crippen molar-refractivity contribution in [1.29, 1.82) is 0 Å². The standard InChI is InChI=1S/C11H18/c1-5-7-9-11(4)10(3)8-6-2/h5,7,9-10H,1,4,6,8H2,2-3H3/b9-7-. The van der Waals surface area contributed by atoms with Gasteiger partial charge < -0.3 is 0 Å². The van der Waals surface area contributed by atoms with Gasteiger partial charge in [-0.25, -0.2) is 0 Å². The fourth-order valence-corrected chi connectivity index (χ4v) is 0.974. The van der Waals surface area contributed by atoms with E-state index in [1.54, 1.807) is 6.08 Å². The zero-order valence-electron chi connectivity index (χ0n) is 7.64. The molecule has 0 aliphatic carbocycles. The van der Waals surface area contributed by atoms with Crippen LogP contribution in [0.1, 0.15) is 26.7 Å². The second-order valence-electron chi connectivity index (χ2n) is 2.86. The van der Waals surface area contributed by atoms with Crippen LogP contribution in [0.5, 0.6) is 0 Å². The first-order valence-electron chi connectivity index (χ1n) is 4.20. The molecule has 0 heterocycles. The third-order valence-electron chi connectivity index (χ3n) is 1.80. The number of allylic oxidation sites excluding steroid dienone is 4. The Hall–Kier alpha value is -0.780. The summed E-state index contributed by atoms with van der Waals surface area (Å²) in [7, 11) is 0. The Balaban J connectivity index is 3.81. The lowest BCUT2D eigenvalue weighted by Crippen LogP contribution is -1.94. The fraction of sp³-hybridized carbons (Fsp3) is 0.455. The van der Waals surface area contributed by atoms with Gasteiger partial charge in [0.1, 0.15) is 0 Å². The van der Waals surface area contributed by atoms with E-state index in [1.807, 2.05) is 12.2 Å². The topological polar surface area (TPSA) is 0 Å². The minimum Gasteiger partial charge on any atom is -0.0991 e. The highest BCUT2D eigenvalue weighted by Gasteiger charge is 2.00. The predicted octanol–water partition coefficient (Wildman–Crippen LogP) is 3.72. The molecule has 0 aliphatic heterocycles. The molecule has 0 aromatic heterocycles. The summed E-state index contributed by atoms with van der Waals surface area (Å²) in [6.45, 7) is 12.0. The lowest BCUT2D eigenvalue weighted by atomic mass is 9.97. The second kappa shape index (κ2) is 5.96. The van der Waals surface area contributed by atoms with Crippen molar-refractivity contribution < 1.29 is 0 Å². The quantitative estimate of drug-likeness (QED) is 0.524. The van der Waals surface area contributed by atoms with Crippen LogP contribution < -0.4 is 0 Å². The van der Waals surface area contributed by atoms with Crippen LogP contribution in [0.25, 0.3) is 0 Å². The van der Waals surface area contributed by atoms with Crippen LogP contribution in [-0.4, -0.2) is 0 Å². The molecule has 1 atom stereocenters. The van der Waals surface area contributed by atoms with E-state index in [2.05, 4.69) is 27.0 Å². The Morgan fingerprint density at radius 1 is 1.55 bits per heavy atom. The zero-order chi connectivity index (χ0) is 8.69. The fourth-order valence-electron chi connectivity index (χ4n) is 0.974. The van der Waals surface area contributed by atoms with Gasteiger partial charge in [0.25, 0.3) is 0 Å². The van der Waals surface area contributed by atoms with Gasteiger partial charge in [-0.15, -0.1) is 0 Å². The molecule has 62 valence electrons. The summed E-state index contributed by atoms with van der Waals surface area (Å²) in [5.41, 5.74) is 1.20. The van der Waals surface area contributed by atoms with Crippen molar-refractivity contribution in [2.45, 2.75) is 26.7 Å². The van der Waals surface area contributed by atoms with E-state index >= 15 is 0 Å². The minimum atomic E-state index is 0.608. The Morgan fingerprint density at radius 2 is 2.18 bits per heavy atom. The molecule has 0 aliphatic rings. The molecular weight excluding hydrogens is 132 g/mol. The van der Waals surface area contributed by atoms with Crippen LogP contribution in [0.4, 0.5) is 0 Å². The molecule has 0 fully saturated rings. The molecule has 0 amide bonds. The zero-order valence-corrected chi connectivity index (χ0v) is 7.64. The highest BCUT2D eigenvalue weighted by atomic mass is 14.1. The van der Waals surface area contributed by atoms with E-state index in [9.17, 15) is 0 Å². The van der Waals surface area contributed by atoms with E-state index in [0.717, 1.165) is 0 Å². The van der Waals surface area contributed by atoms with Crippen molar-refractivity contribution in [3.05, 3.63) is 37.0 Å². The van der Waals surface area contributed by atoms with Gasteiger partial charge in [0.15, 0.2) is 0 Å². The molecule has 0 aromatic rings. The van der Waals surface area contributed by atoms with Gasteiger partial charge in [-0.2, -0.15) is 0 Å². The monoisotopic (exact) mass is 150 g/mol. The van der Waals surface area contributed by atoms with E-state index in [1.165, 1.54) is 18.4 Å². The average Bonchev–Trinajstić information content (AvgIpc) is 2.00. The lowest BCUT2D eigenvalue weighted by molar-refractivity contribution is 0.614. The predicted molar refractivity (Wildman–Crippen MR) is 52.5 cm³/mol. The van der Waals surface area contributed by atoms with Crippen molar-refractivity contribution >= 4 is 0 Å². The van der Waals surface area contributed by atoms with Gasteiger partial charge in [-0.3, -0.25) is 0 Å². The van der Waals surface area contributed by atoms with E-state index in [0.29, 0.717) is 5.92 Å². The Labute approximate surface area is 70.3 Å². The van der Waals surface area contributed by atoms with Crippen molar-refractivity contribution in [1.82, 2.24) is 0 Å². The molecule has 0 spiro atoms. The van der Waals surface area contributed by atoms with Gasteiger partial charge in [0.2, 0.25) is 0 Å². The summed E-state index contributed by atoms with van der Waals surface area (Å²) in [5.74, 6) is 0.608. The lowest BCUT2D eigenvalue weighted by Gasteiger charge is -2.08. The molecule has 0 saturated carbocycles. The van der Waals surface area contributed by atoms with Gasteiger partial charge >= 0.3 is 0 Å². The molecule has 0 saturated heterocycles. The van der Waals surface area contributed by atoms with Crippen molar-refractivity contribution in [2.75, 3.05) is 0 Å². The molecule has 0 heteroatoms. The molecular formula is C11H18. The van der Waals surface area contributed by atoms with Crippen LogP contribution in [-0.2, 0) is 0 Å². The first-order chi connectivity index (χ1) is 5.22. The van der Waals surface area contributed by atoms with Crippen LogP contribution in [0.15, 0.2) is 37.0 Å². The smallest absolute Gasteiger partial charge is 0.0196 e. The molecule has 0 rings (SSSR count). The van der Waals surface area contributed by atoms with Gasteiger partial charge in [-0.1, -0.05) is 57.2 Å². The van der Waals surface area contributed by atoms with Crippen LogP contribution in [0, 0.1) is 5.92 Å². The highest BCUT2D eigenvalue weighted by molar-refractivity contribution is 5.20. The number of hydrogen-bond donors (Lipinski definition) is 0. The Bertz CT molecular complexity index is 151. The molecule has 0 N–H and O–H groups in total. The van der Waals surface area contributed by atoms with Crippen molar-refractivity contribution in [3.63, 3.8) is 0 Å². The summed E-state index contributed by atoms with van der Waals surface area (Å²) in [6.07, 6.45) is 8.20. The third-order valence-corrected chi connectivity index (χ3v) is 1.80. The van der Waals surface area contributed by atoms with Crippen LogP contribution in [0.3, 0.4) is 0 Å². The SMILES string of the molecule is C=C/C=C\C(=C)C(C)CCC. The van der Waals surface area contributed by atoms with E-state index < -0.39 is 0 Å². The summed E-state index contributed by atoms with van der Waals surface area (Å²) in [4.78, 5) is 0. The second-order valence-corrected chi connectivity index (χ2v) is 2.86. The molecule has 11 heavy (non-hydrogen) atoms. The van der Waals surface area contributed by atoms with Gasteiger partial charge in [0.05, 0.1) is 0 Å². The molecule has 0 aromatic carbocycles. The first kappa shape index (κ1) is 10.2.